The average molecular weight is 271 g/mol. The molecule has 0 saturated carbocycles. The van der Waals surface area contributed by atoms with Gasteiger partial charge >= 0.3 is 11.9 Å². The lowest BCUT2D eigenvalue weighted by Gasteiger charge is -2.20. The first-order valence-electron chi connectivity index (χ1n) is 5.27. The van der Waals surface area contributed by atoms with Gasteiger partial charge in [-0.3, -0.25) is 14.4 Å². The van der Waals surface area contributed by atoms with E-state index in [-0.39, 0.29) is 31.8 Å². The van der Waals surface area contributed by atoms with Crippen molar-refractivity contribution < 1.29 is 24.6 Å². The summed E-state index contributed by atoms with van der Waals surface area (Å²) in [5, 5.41) is 18.9. The van der Waals surface area contributed by atoms with E-state index in [1.165, 1.54) is 16.2 Å². The molecular formula is C11H13NO5S. The van der Waals surface area contributed by atoms with Crippen molar-refractivity contribution >= 4 is 29.2 Å². The number of nitrogens with zero attached hydrogens (tertiary/aromatic N) is 1. The standard InChI is InChI=1S/C11H13NO5S/c13-9(14)3-5-12(6-4-10(15)16)11(17)8-2-1-7-18-8/h1-2,7H,3-6H2,(H,13,14)(H,15,16). The van der Waals surface area contributed by atoms with Crippen molar-refractivity contribution in [2.45, 2.75) is 12.8 Å². The number of hydrogen-bond donors (Lipinski definition) is 2. The lowest BCUT2D eigenvalue weighted by molar-refractivity contribution is -0.137. The van der Waals surface area contributed by atoms with Gasteiger partial charge in [0.15, 0.2) is 0 Å². The van der Waals surface area contributed by atoms with Crippen LogP contribution in [0, 0.1) is 0 Å². The lowest BCUT2D eigenvalue weighted by atomic mass is 10.3. The molecule has 18 heavy (non-hydrogen) atoms. The van der Waals surface area contributed by atoms with E-state index in [0.717, 1.165) is 0 Å². The Kier molecular flexibility index (Phi) is 5.31. The molecule has 7 heteroatoms. The molecule has 0 aliphatic rings. The van der Waals surface area contributed by atoms with Crippen LogP contribution in [0.4, 0.5) is 0 Å². The van der Waals surface area contributed by atoms with Crippen LogP contribution in [-0.2, 0) is 9.59 Å². The molecule has 1 aromatic rings. The number of amides is 1. The number of carboxylic acids is 2. The molecule has 0 aliphatic heterocycles. The lowest BCUT2D eigenvalue weighted by Crippen LogP contribution is -2.34. The zero-order valence-corrected chi connectivity index (χ0v) is 10.4. The van der Waals surface area contributed by atoms with Gasteiger partial charge in [-0.25, -0.2) is 0 Å². The van der Waals surface area contributed by atoms with Crippen LogP contribution in [0.3, 0.4) is 0 Å². The number of rotatable bonds is 7. The van der Waals surface area contributed by atoms with Gasteiger partial charge in [-0.15, -0.1) is 11.3 Å². The van der Waals surface area contributed by atoms with Crippen LogP contribution in [-0.4, -0.2) is 46.0 Å². The number of aliphatic carboxylic acids is 2. The van der Waals surface area contributed by atoms with Gasteiger partial charge in [-0.2, -0.15) is 0 Å². The van der Waals surface area contributed by atoms with E-state index in [4.69, 9.17) is 10.2 Å². The summed E-state index contributed by atoms with van der Waals surface area (Å²) in [6.45, 7) is 0.0265. The van der Waals surface area contributed by atoms with Gasteiger partial charge in [0.05, 0.1) is 17.7 Å². The van der Waals surface area contributed by atoms with E-state index >= 15 is 0 Å². The quantitative estimate of drug-likeness (QED) is 0.775. The fourth-order valence-electron chi connectivity index (χ4n) is 1.33. The Morgan fingerprint density at radius 3 is 2.06 bits per heavy atom. The van der Waals surface area contributed by atoms with Gasteiger partial charge in [-0.1, -0.05) is 6.07 Å². The molecule has 6 nitrogen and oxygen atoms in total. The number of carbonyl (C=O) groups excluding carboxylic acids is 1. The molecule has 0 radical (unpaired) electrons. The molecule has 0 saturated heterocycles. The Bertz CT molecular complexity index is 411. The molecule has 0 bridgehead atoms. The number of carbonyl (C=O) groups is 3. The monoisotopic (exact) mass is 271 g/mol. The van der Waals surface area contributed by atoms with E-state index < -0.39 is 11.9 Å². The van der Waals surface area contributed by atoms with Gasteiger partial charge in [0.25, 0.3) is 5.91 Å². The van der Waals surface area contributed by atoms with Gasteiger partial charge in [0.2, 0.25) is 0 Å². The molecule has 1 rings (SSSR count). The van der Waals surface area contributed by atoms with E-state index in [9.17, 15) is 14.4 Å². The highest BCUT2D eigenvalue weighted by Gasteiger charge is 2.18. The minimum atomic E-state index is -1.02. The smallest absolute Gasteiger partial charge is 0.305 e. The van der Waals surface area contributed by atoms with Crippen molar-refractivity contribution in [2.75, 3.05) is 13.1 Å². The minimum absolute atomic E-state index is 0.0132. The third-order valence-corrected chi connectivity index (χ3v) is 3.07. The van der Waals surface area contributed by atoms with Crippen molar-refractivity contribution in [1.29, 1.82) is 0 Å². The van der Waals surface area contributed by atoms with Crippen molar-refractivity contribution in [3.8, 4) is 0 Å². The fraction of sp³-hybridized carbons (Fsp3) is 0.364. The number of carboxylic acid groups (broad SMARTS) is 2. The van der Waals surface area contributed by atoms with Gasteiger partial charge in [0, 0.05) is 13.1 Å². The molecule has 0 fully saturated rings. The van der Waals surface area contributed by atoms with E-state index in [1.54, 1.807) is 17.5 Å². The molecular weight excluding hydrogens is 258 g/mol. The Morgan fingerprint density at radius 1 is 1.11 bits per heavy atom. The topological polar surface area (TPSA) is 94.9 Å². The highest BCUT2D eigenvalue weighted by atomic mass is 32.1. The SMILES string of the molecule is O=C(O)CCN(CCC(=O)O)C(=O)c1cccs1. The molecule has 0 atom stereocenters. The van der Waals surface area contributed by atoms with E-state index in [0.29, 0.717) is 4.88 Å². The summed E-state index contributed by atoms with van der Waals surface area (Å²) in [7, 11) is 0. The van der Waals surface area contributed by atoms with Gasteiger partial charge in [-0.05, 0) is 11.4 Å². The van der Waals surface area contributed by atoms with Crippen LogP contribution >= 0.6 is 11.3 Å². The Morgan fingerprint density at radius 2 is 1.67 bits per heavy atom. The summed E-state index contributed by atoms with van der Waals surface area (Å²) in [6.07, 6.45) is -0.395. The Hall–Kier alpha value is -1.89. The molecule has 1 amide bonds. The first-order valence-corrected chi connectivity index (χ1v) is 6.15. The molecule has 0 aliphatic carbocycles. The van der Waals surface area contributed by atoms with Crippen LogP contribution in [0.25, 0.3) is 0 Å². The average Bonchev–Trinajstić information content (AvgIpc) is 2.81. The van der Waals surface area contributed by atoms with Crippen LogP contribution in [0.15, 0.2) is 17.5 Å². The summed E-state index contributed by atoms with van der Waals surface area (Å²) in [5.41, 5.74) is 0. The van der Waals surface area contributed by atoms with Crippen LogP contribution in [0.1, 0.15) is 22.5 Å². The summed E-state index contributed by atoms with van der Waals surface area (Å²) in [4.78, 5) is 34.7. The normalized spacial score (nSPS) is 10.0. The molecule has 1 heterocycles. The summed E-state index contributed by atoms with van der Waals surface area (Å²) >= 11 is 1.24. The summed E-state index contributed by atoms with van der Waals surface area (Å²) in [6, 6.07) is 3.34. The van der Waals surface area contributed by atoms with Crippen LogP contribution in [0.2, 0.25) is 0 Å². The van der Waals surface area contributed by atoms with Crippen molar-refractivity contribution in [2.24, 2.45) is 0 Å². The zero-order valence-electron chi connectivity index (χ0n) is 9.54. The Balaban J connectivity index is 2.66. The molecule has 2 N–H and O–H groups in total. The molecule has 0 spiro atoms. The summed E-state index contributed by atoms with van der Waals surface area (Å²) < 4.78 is 0. The first kappa shape index (κ1) is 14.2. The maximum atomic E-state index is 12.0. The predicted molar refractivity (Wildman–Crippen MR) is 64.7 cm³/mol. The second kappa shape index (κ2) is 6.75. The summed E-state index contributed by atoms with van der Waals surface area (Å²) in [5.74, 6) is -2.36. The van der Waals surface area contributed by atoms with Crippen molar-refractivity contribution in [1.82, 2.24) is 4.90 Å². The third kappa shape index (κ3) is 4.54. The molecule has 98 valence electrons. The third-order valence-electron chi connectivity index (χ3n) is 2.21. The highest BCUT2D eigenvalue weighted by Crippen LogP contribution is 2.12. The second-order valence-corrected chi connectivity index (χ2v) is 4.50. The van der Waals surface area contributed by atoms with Crippen molar-refractivity contribution in [3.63, 3.8) is 0 Å². The highest BCUT2D eigenvalue weighted by molar-refractivity contribution is 7.12. The maximum Gasteiger partial charge on any atom is 0.305 e. The minimum Gasteiger partial charge on any atom is -0.481 e. The second-order valence-electron chi connectivity index (χ2n) is 3.56. The van der Waals surface area contributed by atoms with Gasteiger partial charge in [0.1, 0.15) is 0 Å². The van der Waals surface area contributed by atoms with Gasteiger partial charge < -0.3 is 15.1 Å². The van der Waals surface area contributed by atoms with E-state index in [1.807, 2.05) is 0 Å². The number of thiophene rings is 1. The van der Waals surface area contributed by atoms with Crippen LogP contribution in [0.5, 0.6) is 0 Å². The molecule has 0 unspecified atom stereocenters. The molecule has 0 aromatic carbocycles. The van der Waals surface area contributed by atoms with E-state index in [2.05, 4.69) is 0 Å². The fourth-order valence-corrected chi connectivity index (χ4v) is 2.02. The zero-order chi connectivity index (χ0) is 13.5. The Labute approximate surface area is 107 Å². The first-order chi connectivity index (χ1) is 8.50. The maximum absolute atomic E-state index is 12.0. The largest absolute Gasteiger partial charge is 0.481 e. The molecule has 1 aromatic heterocycles. The van der Waals surface area contributed by atoms with Crippen LogP contribution < -0.4 is 0 Å². The number of hydrogen-bond acceptors (Lipinski definition) is 4. The van der Waals surface area contributed by atoms with Crippen molar-refractivity contribution in [3.05, 3.63) is 22.4 Å². The predicted octanol–water partition coefficient (Wildman–Crippen LogP) is 1.14.